The van der Waals surface area contributed by atoms with Gasteiger partial charge >= 0.3 is 4.87 Å². The molecule has 0 amide bonds. The minimum absolute atomic E-state index is 0.0321. The molecule has 8 nitrogen and oxygen atoms in total. The summed E-state index contributed by atoms with van der Waals surface area (Å²) < 4.78 is 1.73. The minimum atomic E-state index is -0.643. The van der Waals surface area contributed by atoms with Gasteiger partial charge in [-0.05, 0) is 30.4 Å². The van der Waals surface area contributed by atoms with Gasteiger partial charge in [0.15, 0.2) is 5.06 Å². The van der Waals surface area contributed by atoms with E-state index < -0.39 is 10.4 Å². The number of aromatic hydroxyl groups is 1. The fourth-order valence-electron chi connectivity index (χ4n) is 3.29. The van der Waals surface area contributed by atoms with E-state index in [2.05, 4.69) is 20.4 Å². The van der Waals surface area contributed by atoms with E-state index in [4.69, 9.17) is 0 Å². The fourth-order valence-corrected chi connectivity index (χ4v) is 3.93. The number of aryl methyl sites for hydroxylation is 2. The number of para-hydroxylation sites is 2. The number of benzene rings is 1. The zero-order valence-electron chi connectivity index (χ0n) is 14.7. The van der Waals surface area contributed by atoms with Crippen molar-refractivity contribution in [1.82, 2.24) is 14.8 Å². The van der Waals surface area contributed by atoms with E-state index in [9.17, 15) is 14.7 Å². The van der Waals surface area contributed by atoms with Crippen LogP contribution in [0, 0.1) is 6.92 Å². The standard InChI is InChI=1S/C18H17N5O3S/c1-9-10(8-23(2)22-9)13-7-14(15-16(24)21-18(26)27-17(15)25)20-12-6-4-3-5-11(12)19-13/h3-6,8,13,19,25H,7H2,1-2H3,(H,21,24,26)/t13-/m0/s1. The predicted molar refractivity (Wildman–Crippen MR) is 104 cm³/mol. The number of anilines is 1. The molecular weight excluding hydrogens is 366 g/mol. The van der Waals surface area contributed by atoms with Crippen molar-refractivity contribution in [2.24, 2.45) is 12.0 Å². The zero-order chi connectivity index (χ0) is 19.1. The molecule has 138 valence electrons. The molecule has 0 bridgehead atoms. The molecule has 1 aliphatic rings. The van der Waals surface area contributed by atoms with Crippen LogP contribution in [0.15, 0.2) is 45.0 Å². The van der Waals surface area contributed by atoms with Crippen LogP contribution in [0.3, 0.4) is 0 Å². The number of hydrogen-bond acceptors (Lipinski definition) is 7. The second-order valence-corrected chi connectivity index (χ2v) is 7.31. The lowest BCUT2D eigenvalue weighted by Crippen LogP contribution is -2.25. The van der Waals surface area contributed by atoms with E-state index in [-0.39, 0.29) is 16.7 Å². The van der Waals surface area contributed by atoms with E-state index in [1.54, 1.807) is 4.68 Å². The lowest BCUT2D eigenvalue weighted by atomic mass is 9.99. The van der Waals surface area contributed by atoms with Gasteiger partial charge in [0.1, 0.15) is 5.56 Å². The van der Waals surface area contributed by atoms with Crippen LogP contribution in [0.1, 0.15) is 29.3 Å². The zero-order valence-corrected chi connectivity index (χ0v) is 15.5. The number of aromatic nitrogens is 3. The van der Waals surface area contributed by atoms with Crippen LogP contribution in [-0.4, -0.2) is 25.6 Å². The first-order valence-electron chi connectivity index (χ1n) is 8.32. The normalized spacial score (nSPS) is 16.2. The molecule has 0 unspecified atom stereocenters. The SMILES string of the molecule is Cc1nn(C)cc1[C@@H]1CC(c2c(O)sc(=O)[nH]c2=O)=Nc2ccccc2N1. The van der Waals surface area contributed by atoms with Crippen molar-refractivity contribution in [2.75, 3.05) is 5.32 Å². The summed E-state index contributed by atoms with van der Waals surface area (Å²) in [6, 6.07) is 7.30. The van der Waals surface area contributed by atoms with Crippen molar-refractivity contribution in [3.8, 4) is 5.06 Å². The summed E-state index contributed by atoms with van der Waals surface area (Å²) in [4.78, 5) is 30.1. The second kappa shape index (κ2) is 6.51. The smallest absolute Gasteiger partial charge is 0.310 e. The van der Waals surface area contributed by atoms with Crippen LogP contribution in [0.5, 0.6) is 5.06 Å². The molecule has 4 rings (SSSR count). The summed E-state index contributed by atoms with van der Waals surface area (Å²) in [7, 11) is 1.85. The van der Waals surface area contributed by atoms with Gasteiger partial charge in [0.2, 0.25) is 0 Å². The Balaban J connectivity index is 1.91. The molecule has 1 atom stereocenters. The van der Waals surface area contributed by atoms with Gasteiger partial charge in [-0.1, -0.05) is 12.1 Å². The number of aliphatic imine (C=N–C) groups is 1. The first-order valence-corrected chi connectivity index (χ1v) is 9.14. The molecule has 3 heterocycles. The van der Waals surface area contributed by atoms with Gasteiger partial charge in [-0.25, -0.2) is 0 Å². The van der Waals surface area contributed by atoms with Crippen LogP contribution in [0.2, 0.25) is 0 Å². The number of H-pyrrole nitrogens is 1. The van der Waals surface area contributed by atoms with E-state index in [0.717, 1.165) is 16.9 Å². The topological polar surface area (TPSA) is 112 Å². The third-order valence-corrected chi connectivity index (χ3v) is 5.13. The highest BCUT2D eigenvalue weighted by Crippen LogP contribution is 2.36. The summed E-state index contributed by atoms with van der Waals surface area (Å²) in [5, 5.41) is 17.8. The van der Waals surface area contributed by atoms with Crippen molar-refractivity contribution in [3.63, 3.8) is 0 Å². The van der Waals surface area contributed by atoms with Crippen molar-refractivity contribution < 1.29 is 5.11 Å². The summed E-state index contributed by atoms with van der Waals surface area (Å²) in [5.74, 6) is 0. The number of rotatable bonds is 2. The van der Waals surface area contributed by atoms with E-state index in [1.807, 2.05) is 44.4 Å². The molecule has 0 saturated carbocycles. The maximum absolute atomic E-state index is 12.4. The molecule has 2 aromatic heterocycles. The van der Waals surface area contributed by atoms with E-state index >= 15 is 0 Å². The van der Waals surface area contributed by atoms with Gasteiger partial charge in [-0.15, -0.1) is 0 Å². The molecular formula is C18H17N5O3S. The summed E-state index contributed by atoms with van der Waals surface area (Å²) in [6.45, 7) is 1.92. The van der Waals surface area contributed by atoms with Crippen molar-refractivity contribution in [2.45, 2.75) is 19.4 Å². The number of nitrogens with one attached hydrogen (secondary N) is 2. The Morgan fingerprint density at radius 1 is 1.30 bits per heavy atom. The average Bonchev–Trinajstić information content (AvgIpc) is 2.82. The van der Waals surface area contributed by atoms with Gasteiger partial charge in [-0.2, -0.15) is 5.10 Å². The Morgan fingerprint density at radius 3 is 2.78 bits per heavy atom. The maximum Gasteiger partial charge on any atom is 0.310 e. The molecule has 0 saturated heterocycles. The Hall–Kier alpha value is -3.20. The van der Waals surface area contributed by atoms with Crippen LogP contribution in [-0.2, 0) is 7.05 Å². The number of nitrogens with zero attached hydrogens (tertiary/aromatic N) is 3. The van der Waals surface area contributed by atoms with Crippen molar-refractivity contribution in [3.05, 3.63) is 67.3 Å². The molecule has 0 spiro atoms. The molecule has 1 aromatic carbocycles. The van der Waals surface area contributed by atoms with Crippen molar-refractivity contribution in [1.29, 1.82) is 0 Å². The Morgan fingerprint density at radius 2 is 2.07 bits per heavy atom. The van der Waals surface area contributed by atoms with Gasteiger partial charge < -0.3 is 10.4 Å². The van der Waals surface area contributed by atoms with Gasteiger partial charge in [0, 0.05) is 25.2 Å². The Kier molecular flexibility index (Phi) is 4.15. The highest BCUT2D eigenvalue weighted by atomic mass is 32.1. The Labute approximate surface area is 157 Å². The third kappa shape index (κ3) is 3.17. The largest absolute Gasteiger partial charge is 0.499 e. The fraction of sp³-hybridized carbons (Fsp3) is 0.222. The number of hydrogen-bond donors (Lipinski definition) is 3. The molecule has 0 aliphatic carbocycles. The monoisotopic (exact) mass is 383 g/mol. The first-order chi connectivity index (χ1) is 12.9. The second-order valence-electron chi connectivity index (χ2n) is 6.34. The molecule has 3 N–H and O–H groups in total. The highest BCUT2D eigenvalue weighted by Gasteiger charge is 2.26. The lowest BCUT2D eigenvalue weighted by molar-refractivity contribution is 0.487. The van der Waals surface area contributed by atoms with Crippen LogP contribution in [0.4, 0.5) is 11.4 Å². The molecule has 0 fully saturated rings. The average molecular weight is 383 g/mol. The Bertz CT molecular complexity index is 1170. The number of aromatic amines is 1. The summed E-state index contributed by atoms with van der Waals surface area (Å²) >= 11 is 0.586. The lowest BCUT2D eigenvalue weighted by Gasteiger charge is -2.18. The molecule has 0 radical (unpaired) electrons. The van der Waals surface area contributed by atoms with Crippen LogP contribution in [0.25, 0.3) is 0 Å². The van der Waals surface area contributed by atoms with E-state index in [1.165, 1.54) is 0 Å². The quantitative estimate of drug-likeness (QED) is 0.628. The third-order valence-electron chi connectivity index (χ3n) is 4.45. The van der Waals surface area contributed by atoms with Crippen LogP contribution >= 0.6 is 11.3 Å². The van der Waals surface area contributed by atoms with Gasteiger partial charge in [0.25, 0.3) is 5.56 Å². The predicted octanol–water partition coefficient (Wildman–Crippen LogP) is 2.22. The minimum Gasteiger partial charge on any atom is -0.499 e. The summed E-state index contributed by atoms with van der Waals surface area (Å²) in [6.07, 6.45) is 2.27. The summed E-state index contributed by atoms with van der Waals surface area (Å²) in [5.41, 5.74) is 3.12. The molecule has 9 heteroatoms. The van der Waals surface area contributed by atoms with Gasteiger partial charge in [0.05, 0.1) is 28.8 Å². The first kappa shape index (κ1) is 17.2. The van der Waals surface area contributed by atoms with Crippen LogP contribution < -0.4 is 15.7 Å². The molecule has 27 heavy (non-hydrogen) atoms. The molecule has 3 aromatic rings. The highest BCUT2D eigenvalue weighted by molar-refractivity contribution is 7.11. The van der Waals surface area contributed by atoms with Gasteiger partial charge in [-0.3, -0.25) is 24.2 Å². The number of fused-ring (bicyclic) bond motifs is 1. The molecule has 1 aliphatic heterocycles. The van der Waals surface area contributed by atoms with Crippen molar-refractivity contribution >= 4 is 28.4 Å². The maximum atomic E-state index is 12.4. The van der Waals surface area contributed by atoms with E-state index in [0.29, 0.717) is 29.2 Å².